The molecule has 9 nitrogen and oxygen atoms in total. The molecule has 49 heavy (non-hydrogen) atoms. The van der Waals surface area contributed by atoms with Crippen LogP contribution in [0.25, 0.3) is 6.08 Å². The van der Waals surface area contributed by atoms with Gasteiger partial charge in [0.05, 0.1) is 85.9 Å². The lowest BCUT2D eigenvalue weighted by Crippen LogP contribution is -2.14. The van der Waals surface area contributed by atoms with Crippen molar-refractivity contribution in [1.29, 1.82) is 0 Å². The minimum absolute atomic E-state index is 0.121. The molecule has 0 amide bonds. The predicted octanol–water partition coefficient (Wildman–Crippen LogP) is 7.83. The van der Waals surface area contributed by atoms with Crippen molar-refractivity contribution in [3.63, 3.8) is 0 Å². The number of ether oxygens (including phenoxy) is 7. The van der Waals surface area contributed by atoms with E-state index in [1.807, 2.05) is 6.08 Å². The Hall–Kier alpha value is -1.63. The molecule has 0 saturated heterocycles. The van der Waals surface area contributed by atoms with E-state index < -0.39 is 0 Å². The average Bonchev–Trinajstić information content (AvgIpc) is 3.11. The molecular weight excluding hydrogens is 644 g/mol. The van der Waals surface area contributed by atoms with E-state index in [4.69, 9.17) is 33.2 Å². The third kappa shape index (κ3) is 27.7. The molecule has 0 heterocycles. The highest BCUT2D eigenvalue weighted by Gasteiger charge is 2.09. The number of hydrogen-bond acceptors (Lipinski definition) is 10. The molecule has 0 bridgehead atoms. The van der Waals surface area contributed by atoms with Crippen LogP contribution < -0.4 is 0 Å². The Bertz CT molecular complexity index is 930. The van der Waals surface area contributed by atoms with Gasteiger partial charge < -0.3 is 43.4 Å². The van der Waals surface area contributed by atoms with Gasteiger partial charge in [-0.3, -0.25) is 0 Å². The summed E-state index contributed by atoms with van der Waals surface area (Å²) in [6.07, 6.45) is 23.7. The molecular formula is C39H66O9S. The molecule has 0 radical (unpaired) electrons. The maximum atomic E-state index is 9.73. The van der Waals surface area contributed by atoms with Gasteiger partial charge in [0.25, 0.3) is 0 Å². The fourth-order valence-electron chi connectivity index (χ4n) is 5.19. The van der Waals surface area contributed by atoms with Crippen LogP contribution in [-0.2, 0) is 33.2 Å². The Kier molecular flexibility index (Phi) is 29.8. The number of aromatic hydroxyl groups is 2. The number of rotatable bonds is 35. The van der Waals surface area contributed by atoms with Crippen molar-refractivity contribution in [3.05, 3.63) is 42.0 Å². The number of thioether (sulfide) groups is 1. The first-order valence-corrected chi connectivity index (χ1v) is 19.9. The van der Waals surface area contributed by atoms with Crippen LogP contribution in [0.3, 0.4) is 0 Å². The summed E-state index contributed by atoms with van der Waals surface area (Å²) in [4.78, 5) is 0. The Morgan fingerprint density at radius 3 is 1.65 bits per heavy atom. The van der Waals surface area contributed by atoms with Crippen molar-refractivity contribution in [1.82, 2.24) is 0 Å². The van der Waals surface area contributed by atoms with Crippen LogP contribution in [0, 0.1) is 5.92 Å². The van der Waals surface area contributed by atoms with Gasteiger partial charge in [0.2, 0.25) is 0 Å². The number of allylic oxidation sites excluding steroid dienone is 2. The molecule has 0 aromatic heterocycles. The minimum Gasteiger partial charge on any atom is -0.508 e. The van der Waals surface area contributed by atoms with E-state index in [-0.39, 0.29) is 11.5 Å². The summed E-state index contributed by atoms with van der Waals surface area (Å²) in [7, 11) is 0. The SMILES string of the molecule is Oc1ccc(O)c(C=CCCOCCOCCOCCOCCOCCOCCOCCCCCCCCCCSCC2CC=CCC2)c1. The van der Waals surface area contributed by atoms with Gasteiger partial charge in [-0.2, -0.15) is 11.8 Å². The van der Waals surface area contributed by atoms with Gasteiger partial charge in [-0.15, -0.1) is 0 Å². The van der Waals surface area contributed by atoms with Gasteiger partial charge in [-0.1, -0.05) is 62.8 Å². The summed E-state index contributed by atoms with van der Waals surface area (Å²) in [6.45, 7) is 7.88. The van der Waals surface area contributed by atoms with E-state index in [2.05, 4.69) is 23.9 Å². The van der Waals surface area contributed by atoms with Crippen LogP contribution in [0.2, 0.25) is 0 Å². The highest BCUT2D eigenvalue weighted by atomic mass is 32.2. The van der Waals surface area contributed by atoms with E-state index in [1.165, 1.54) is 93.9 Å². The number of unbranched alkanes of at least 4 members (excludes halogenated alkanes) is 7. The maximum absolute atomic E-state index is 9.73. The predicted molar refractivity (Wildman–Crippen MR) is 200 cm³/mol. The Labute approximate surface area is 301 Å². The monoisotopic (exact) mass is 710 g/mol. The molecule has 1 aromatic rings. The fourth-order valence-corrected chi connectivity index (χ4v) is 6.40. The summed E-state index contributed by atoms with van der Waals surface area (Å²) in [5.41, 5.74) is 0.578. The zero-order valence-corrected chi connectivity index (χ0v) is 30.9. The van der Waals surface area contributed by atoms with Gasteiger partial charge in [-0.25, -0.2) is 0 Å². The second kappa shape index (κ2) is 33.5. The van der Waals surface area contributed by atoms with E-state index in [9.17, 15) is 10.2 Å². The molecule has 2 rings (SSSR count). The van der Waals surface area contributed by atoms with Crippen molar-refractivity contribution in [2.24, 2.45) is 5.92 Å². The van der Waals surface area contributed by atoms with E-state index >= 15 is 0 Å². The summed E-state index contributed by atoms with van der Waals surface area (Å²) >= 11 is 2.17. The first-order valence-electron chi connectivity index (χ1n) is 18.7. The molecule has 0 spiro atoms. The Morgan fingerprint density at radius 2 is 1.10 bits per heavy atom. The van der Waals surface area contributed by atoms with E-state index in [1.54, 1.807) is 6.08 Å². The largest absolute Gasteiger partial charge is 0.508 e. The molecule has 0 aliphatic heterocycles. The van der Waals surface area contributed by atoms with Crippen molar-refractivity contribution >= 4 is 17.8 Å². The molecule has 0 saturated carbocycles. The van der Waals surface area contributed by atoms with Crippen molar-refractivity contribution < 1.29 is 43.4 Å². The molecule has 10 heteroatoms. The van der Waals surface area contributed by atoms with Crippen molar-refractivity contribution in [3.8, 4) is 11.5 Å². The lowest BCUT2D eigenvalue weighted by molar-refractivity contribution is -0.0204. The van der Waals surface area contributed by atoms with Crippen LogP contribution in [-0.4, -0.2) is 114 Å². The minimum atomic E-state index is 0.121. The van der Waals surface area contributed by atoms with Gasteiger partial charge >= 0.3 is 0 Å². The molecule has 1 aliphatic rings. The lowest BCUT2D eigenvalue weighted by Gasteiger charge is -2.16. The zero-order chi connectivity index (χ0) is 34.7. The normalized spacial score (nSPS) is 14.7. The number of benzene rings is 1. The molecule has 282 valence electrons. The number of phenols is 2. The highest BCUT2D eigenvalue weighted by molar-refractivity contribution is 7.99. The van der Waals surface area contributed by atoms with Gasteiger partial charge in [0.1, 0.15) is 11.5 Å². The quantitative estimate of drug-likeness (QED) is 0.0412. The average molecular weight is 711 g/mol. The Balaban J connectivity index is 1.15. The van der Waals surface area contributed by atoms with Crippen LogP contribution in [0.1, 0.15) is 82.6 Å². The molecule has 0 fully saturated rings. The van der Waals surface area contributed by atoms with E-state index in [0.717, 1.165) is 18.9 Å². The standard InChI is InChI=1S/C39H66O9S/c40-38-17-18-39(41)37(34-38)16-10-12-20-43-22-24-45-26-28-47-30-32-48-31-29-46-27-25-44-23-21-42-19-11-5-3-1-2-4-6-13-33-49-35-36-14-8-7-9-15-36/h7-8,10,16-18,34,36,40-41H,1-6,9,11-15,19-33,35H2. The van der Waals surface area contributed by atoms with Crippen LogP contribution in [0.5, 0.6) is 11.5 Å². The highest BCUT2D eigenvalue weighted by Crippen LogP contribution is 2.24. The van der Waals surface area contributed by atoms with Gasteiger partial charge in [0.15, 0.2) is 0 Å². The maximum Gasteiger partial charge on any atom is 0.123 e. The number of phenolic OH excluding ortho intramolecular Hbond substituents is 2. The van der Waals surface area contributed by atoms with Crippen molar-refractivity contribution in [2.75, 3.05) is 104 Å². The Morgan fingerprint density at radius 1 is 0.592 bits per heavy atom. The lowest BCUT2D eigenvalue weighted by atomic mass is 9.97. The second-order valence-electron chi connectivity index (χ2n) is 12.3. The summed E-state index contributed by atoms with van der Waals surface area (Å²) in [5.74, 6) is 3.90. The third-order valence-electron chi connectivity index (χ3n) is 8.03. The van der Waals surface area contributed by atoms with Gasteiger partial charge in [0, 0.05) is 12.2 Å². The molecule has 1 atom stereocenters. The first-order chi connectivity index (χ1) is 24.3. The topological polar surface area (TPSA) is 105 Å². The van der Waals surface area contributed by atoms with Crippen LogP contribution >= 0.6 is 11.8 Å². The smallest absolute Gasteiger partial charge is 0.123 e. The van der Waals surface area contributed by atoms with Crippen LogP contribution in [0.15, 0.2) is 36.4 Å². The fraction of sp³-hybridized carbons (Fsp3) is 0.744. The summed E-state index contributed by atoms with van der Waals surface area (Å²) < 4.78 is 38.8. The number of hydrogen-bond donors (Lipinski definition) is 2. The van der Waals surface area contributed by atoms with Gasteiger partial charge in [-0.05, 0) is 74.1 Å². The molecule has 1 unspecified atom stereocenters. The first kappa shape index (κ1) is 43.5. The van der Waals surface area contributed by atoms with Crippen molar-refractivity contribution in [2.45, 2.75) is 77.0 Å². The van der Waals surface area contributed by atoms with E-state index in [0.29, 0.717) is 97.9 Å². The summed E-state index contributed by atoms with van der Waals surface area (Å²) in [5, 5.41) is 19.2. The molecule has 2 N–H and O–H groups in total. The van der Waals surface area contributed by atoms with Crippen LogP contribution in [0.4, 0.5) is 0 Å². The summed E-state index contributed by atoms with van der Waals surface area (Å²) in [6, 6.07) is 4.43. The molecule has 1 aromatic carbocycles. The second-order valence-corrected chi connectivity index (χ2v) is 13.4. The zero-order valence-electron chi connectivity index (χ0n) is 30.1. The molecule has 1 aliphatic carbocycles. The third-order valence-corrected chi connectivity index (χ3v) is 9.31.